The van der Waals surface area contributed by atoms with Crippen LogP contribution in [0.25, 0.3) is 0 Å². The lowest BCUT2D eigenvalue weighted by Crippen LogP contribution is -2.29. The van der Waals surface area contributed by atoms with Crippen molar-refractivity contribution in [2.45, 2.75) is 37.2 Å². The molecule has 1 aromatic rings. The van der Waals surface area contributed by atoms with Gasteiger partial charge >= 0.3 is 0 Å². The van der Waals surface area contributed by atoms with Crippen molar-refractivity contribution in [1.82, 2.24) is 9.78 Å². The second-order valence-corrected chi connectivity index (χ2v) is 6.58. The monoisotopic (exact) mass is 258 g/mol. The van der Waals surface area contributed by atoms with Gasteiger partial charge in [-0.2, -0.15) is 5.10 Å². The van der Waals surface area contributed by atoms with Crippen molar-refractivity contribution in [3.8, 4) is 0 Å². The van der Waals surface area contributed by atoms with E-state index < -0.39 is 9.84 Å². The maximum absolute atomic E-state index is 11.8. The minimum Gasteiger partial charge on any atom is -0.371 e. The van der Waals surface area contributed by atoms with Crippen molar-refractivity contribution in [2.75, 3.05) is 23.9 Å². The summed E-state index contributed by atoms with van der Waals surface area (Å²) in [5, 5.41) is 10.4. The summed E-state index contributed by atoms with van der Waals surface area (Å²) >= 11 is 0. The Hall–Kier alpha value is -1.24. The molecule has 0 radical (unpaired) electrons. The lowest BCUT2D eigenvalue weighted by atomic mass is 10.1. The SMILES string of the molecule is CNc1nn2c(c1S(C)(=O)=O)NC(C)CC2C. The first-order chi connectivity index (χ1) is 7.84. The number of anilines is 2. The molecule has 96 valence electrons. The highest BCUT2D eigenvalue weighted by atomic mass is 32.2. The van der Waals surface area contributed by atoms with E-state index in [4.69, 9.17) is 0 Å². The molecule has 0 spiro atoms. The number of aromatic nitrogens is 2. The van der Waals surface area contributed by atoms with Crippen LogP contribution in [0.3, 0.4) is 0 Å². The van der Waals surface area contributed by atoms with Crippen LogP contribution in [-0.4, -0.2) is 37.5 Å². The van der Waals surface area contributed by atoms with E-state index in [0.717, 1.165) is 6.42 Å². The maximum atomic E-state index is 11.8. The van der Waals surface area contributed by atoms with Crippen LogP contribution in [0.4, 0.5) is 11.6 Å². The third-order valence-electron chi connectivity index (χ3n) is 2.97. The van der Waals surface area contributed by atoms with Gasteiger partial charge < -0.3 is 10.6 Å². The Bertz CT molecular complexity index is 535. The average molecular weight is 258 g/mol. The van der Waals surface area contributed by atoms with E-state index in [9.17, 15) is 8.42 Å². The van der Waals surface area contributed by atoms with Crippen LogP contribution in [0.2, 0.25) is 0 Å². The van der Waals surface area contributed by atoms with Gasteiger partial charge in [0, 0.05) is 19.3 Å². The molecule has 1 aliphatic rings. The molecule has 0 aromatic carbocycles. The molecule has 17 heavy (non-hydrogen) atoms. The molecule has 0 bridgehead atoms. The van der Waals surface area contributed by atoms with Gasteiger partial charge in [-0.3, -0.25) is 0 Å². The number of rotatable bonds is 2. The van der Waals surface area contributed by atoms with Crippen LogP contribution >= 0.6 is 0 Å². The topological polar surface area (TPSA) is 76.0 Å². The minimum atomic E-state index is -3.30. The van der Waals surface area contributed by atoms with Gasteiger partial charge in [-0.15, -0.1) is 0 Å². The molecular weight excluding hydrogens is 240 g/mol. The summed E-state index contributed by atoms with van der Waals surface area (Å²) in [5.74, 6) is 1.01. The van der Waals surface area contributed by atoms with Gasteiger partial charge in [0.15, 0.2) is 20.6 Å². The Morgan fingerprint density at radius 1 is 1.47 bits per heavy atom. The van der Waals surface area contributed by atoms with E-state index in [0.29, 0.717) is 11.6 Å². The second-order valence-electron chi connectivity index (χ2n) is 4.62. The fourth-order valence-electron chi connectivity index (χ4n) is 2.29. The van der Waals surface area contributed by atoms with Gasteiger partial charge in [0.25, 0.3) is 0 Å². The molecule has 0 saturated carbocycles. The molecule has 2 N–H and O–H groups in total. The molecule has 0 fully saturated rings. The Labute approximate surface area is 101 Å². The Kier molecular flexibility index (Phi) is 2.81. The van der Waals surface area contributed by atoms with Crippen LogP contribution in [0.5, 0.6) is 0 Å². The van der Waals surface area contributed by atoms with Gasteiger partial charge in [0.1, 0.15) is 5.82 Å². The van der Waals surface area contributed by atoms with E-state index in [2.05, 4.69) is 15.7 Å². The molecule has 1 aromatic heterocycles. The zero-order valence-electron chi connectivity index (χ0n) is 10.5. The van der Waals surface area contributed by atoms with Crippen LogP contribution in [0.1, 0.15) is 26.3 Å². The summed E-state index contributed by atoms with van der Waals surface area (Å²) in [4.78, 5) is 0.262. The molecule has 1 aliphatic heterocycles. The van der Waals surface area contributed by atoms with Crippen LogP contribution in [0, 0.1) is 0 Å². The second kappa shape index (κ2) is 3.90. The Morgan fingerprint density at radius 3 is 2.65 bits per heavy atom. The molecule has 0 saturated heterocycles. The summed E-state index contributed by atoms with van der Waals surface area (Å²) in [7, 11) is -1.62. The van der Waals surface area contributed by atoms with E-state index in [1.54, 1.807) is 11.7 Å². The van der Waals surface area contributed by atoms with Crippen molar-refractivity contribution in [2.24, 2.45) is 0 Å². The van der Waals surface area contributed by atoms with E-state index in [1.165, 1.54) is 6.26 Å². The lowest BCUT2D eigenvalue weighted by Gasteiger charge is -2.28. The fraction of sp³-hybridized carbons (Fsp3) is 0.700. The van der Waals surface area contributed by atoms with E-state index in [-0.39, 0.29) is 17.0 Å². The maximum Gasteiger partial charge on any atom is 0.182 e. The zero-order valence-corrected chi connectivity index (χ0v) is 11.3. The zero-order chi connectivity index (χ0) is 12.8. The average Bonchev–Trinajstić information content (AvgIpc) is 2.55. The Balaban J connectivity index is 2.67. The van der Waals surface area contributed by atoms with E-state index >= 15 is 0 Å². The quantitative estimate of drug-likeness (QED) is 0.830. The molecule has 7 heteroatoms. The van der Waals surface area contributed by atoms with Crippen LogP contribution < -0.4 is 10.6 Å². The van der Waals surface area contributed by atoms with Gasteiger partial charge in [-0.1, -0.05) is 0 Å². The third-order valence-corrected chi connectivity index (χ3v) is 4.10. The van der Waals surface area contributed by atoms with E-state index in [1.807, 2.05) is 13.8 Å². The molecule has 6 nitrogen and oxygen atoms in total. The molecule has 2 heterocycles. The van der Waals surface area contributed by atoms with Crippen molar-refractivity contribution >= 4 is 21.5 Å². The van der Waals surface area contributed by atoms with Gasteiger partial charge in [-0.05, 0) is 20.3 Å². The Morgan fingerprint density at radius 2 is 2.12 bits per heavy atom. The molecule has 2 unspecified atom stereocenters. The predicted molar refractivity (Wildman–Crippen MR) is 67.3 cm³/mol. The first kappa shape index (κ1) is 12.2. The first-order valence-corrected chi connectivity index (χ1v) is 7.50. The highest BCUT2D eigenvalue weighted by molar-refractivity contribution is 7.91. The highest BCUT2D eigenvalue weighted by Crippen LogP contribution is 2.36. The number of fused-ring (bicyclic) bond motifs is 1. The smallest absolute Gasteiger partial charge is 0.182 e. The third kappa shape index (κ3) is 1.99. The summed E-state index contributed by atoms with van der Waals surface area (Å²) in [6, 6.07) is 0.447. The molecule has 2 rings (SSSR count). The van der Waals surface area contributed by atoms with Crippen LogP contribution in [-0.2, 0) is 9.84 Å². The fourth-order valence-corrected chi connectivity index (χ4v) is 3.29. The highest BCUT2D eigenvalue weighted by Gasteiger charge is 2.31. The van der Waals surface area contributed by atoms with Gasteiger partial charge in [0.2, 0.25) is 0 Å². The predicted octanol–water partition coefficient (Wildman–Crippen LogP) is 1.09. The van der Waals surface area contributed by atoms with Crippen molar-refractivity contribution in [3.63, 3.8) is 0 Å². The number of hydrogen-bond donors (Lipinski definition) is 2. The van der Waals surface area contributed by atoms with Gasteiger partial charge in [0.05, 0.1) is 6.04 Å². The molecule has 2 atom stereocenters. The summed E-state index contributed by atoms with van der Waals surface area (Å²) in [5.41, 5.74) is 0. The summed E-state index contributed by atoms with van der Waals surface area (Å²) in [6.07, 6.45) is 2.14. The van der Waals surface area contributed by atoms with Gasteiger partial charge in [-0.25, -0.2) is 13.1 Å². The van der Waals surface area contributed by atoms with Crippen molar-refractivity contribution in [1.29, 1.82) is 0 Å². The number of nitrogens with one attached hydrogen (secondary N) is 2. The largest absolute Gasteiger partial charge is 0.371 e. The van der Waals surface area contributed by atoms with Crippen molar-refractivity contribution < 1.29 is 8.42 Å². The van der Waals surface area contributed by atoms with Crippen LogP contribution in [0.15, 0.2) is 4.90 Å². The van der Waals surface area contributed by atoms with Crippen molar-refractivity contribution in [3.05, 3.63) is 0 Å². The molecule has 0 amide bonds. The molecular formula is C10H18N4O2S. The summed E-state index contributed by atoms with van der Waals surface area (Å²) in [6.45, 7) is 4.08. The number of sulfone groups is 1. The molecule has 0 aliphatic carbocycles. The minimum absolute atomic E-state index is 0.198. The summed E-state index contributed by atoms with van der Waals surface area (Å²) < 4.78 is 25.4. The standard InChI is InChI=1S/C10H18N4O2S/c1-6-5-7(2)14-10(12-6)8(17(4,15)16)9(11-3)13-14/h6-7,12H,5H2,1-4H3,(H,11,13). The number of nitrogens with zero attached hydrogens (tertiary/aromatic N) is 2. The lowest BCUT2D eigenvalue weighted by molar-refractivity contribution is 0.413. The number of hydrogen-bond acceptors (Lipinski definition) is 5. The normalized spacial score (nSPS) is 24.0. The first-order valence-electron chi connectivity index (χ1n) is 5.61.